The second-order valence-corrected chi connectivity index (χ2v) is 6.88. The quantitative estimate of drug-likeness (QED) is 0.384. The van der Waals surface area contributed by atoms with Crippen LogP contribution >= 0.6 is 31.9 Å². The molecule has 0 unspecified atom stereocenters. The molecule has 8 heteroatoms. The van der Waals surface area contributed by atoms with Crippen molar-refractivity contribution in [2.75, 3.05) is 13.7 Å². The van der Waals surface area contributed by atoms with Crippen LogP contribution in [-0.4, -0.2) is 31.4 Å². The minimum atomic E-state index is -1.28. The maximum Gasteiger partial charge on any atom is 0.348 e. The SMILES string of the molecule is CCOc1c(OC)cc(C=C2C(=O)OC(C)(C)OC2=O)c(Br)c1Br. The van der Waals surface area contributed by atoms with Crippen molar-refractivity contribution in [2.45, 2.75) is 26.6 Å². The van der Waals surface area contributed by atoms with Crippen LogP contribution in [0, 0.1) is 0 Å². The molecule has 0 spiro atoms. The summed E-state index contributed by atoms with van der Waals surface area (Å²) in [5.41, 5.74) is 0.332. The lowest BCUT2D eigenvalue weighted by molar-refractivity contribution is -0.222. The van der Waals surface area contributed by atoms with Crippen LogP contribution in [0.4, 0.5) is 0 Å². The molecule has 1 aliphatic heterocycles. The van der Waals surface area contributed by atoms with Gasteiger partial charge in [-0.05, 0) is 56.5 Å². The predicted octanol–water partition coefficient (Wildman–Crippen LogP) is 3.84. The zero-order valence-electron chi connectivity index (χ0n) is 13.6. The third-order valence-electron chi connectivity index (χ3n) is 3.08. The third-order valence-corrected chi connectivity index (χ3v) is 5.22. The summed E-state index contributed by atoms with van der Waals surface area (Å²) < 4.78 is 22.2. The molecule has 6 nitrogen and oxygen atoms in total. The molecule has 0 saturated carbocycles. The van der Waals surface area contributed by atoms with Crippen molar-refractivity contribution in [3.63, 3.8) is 0 Å². The number of esters is 2. The Morgan fingerprint density at radius 2 is 1.75 bits per heavy atom. The number of hydrogen-bond donors (Lipinski definition) is 0. The van der Waals surface area contributed by atoms with Gasteiger partial charge in [-0.3, -0.25) is 0 Å². The minimum Gasteiger partial charge on any atom is -0.493 e. The van der Waals surface area contributed by atoms with Crippen molar-refractivity contribution < 1.29 is 28.5 Å². The Kier molecular flexibility index (Phi) is 5.59. The zero-order valence-corrected chi connectivity index (χ0v) is 16.7. The molecular formula is C16H16Br2O6. The number of hydrogen-bond acceptors (Lipinski definition) is 6. The molecule has 2 rings (SSSR count). The number of carbonyl (C=O) groups is 2. The van der Waals surface area contributed by atoms with Crippen molar-refractivity contribution in [3.8, 4) is 11.5 Å². The number of carbonyl (C=O) groups excluding carboxylic acids is 2. The Labute approximate surface area is 156 Å². The van der Waals surface area contributed by atoms with Gasteiger partial charge in [0, 0.05) is 18.3 Å². The lowest BCUT2D eigenvalue weighted by Gasteiger charge is -2.29. The molecule has 1 heterocycles. The first-order valence-corrected chi connectivity index (χ1v) is 8.66. The monoisotopic (exact) mass is 462 g/mol. The Bertz CT molecular complexity index is 702. The maximum atomic E-state index is 12.1. The summed E-state index contributed by atoms with van der Waals surface area (Å²) in [4.78, 5) is 24.1. The van der Waals surface area contributed by atoms with Crippen LogP contribution < -0.4 is 9.47 Å². The van der Waals surface area contributed by atoms with Gasteiger partial charge in [0.2, 0.25) is 0 Å². The summed E-state index contributed by atoms with van der Waals surface area (Å²) in [7, 11) is 1.50. The number of ether oxygens (including phenoxy) is 4. The summed E-state index contributed by atoms with van der Waals surface area (Å²) in [6, 6.07) is 1.65. The molecule has 0 N–H and O–H groups in total. The highest BCUT2D eigenvalue weighted by Crippen LogP contribution is 2.43. The molecule has 0 aromatic heterocycles. The van der Waals surface area contributed by atoms with Crippen LogP contribution in [0.15, 0.2) is 20.6 Å². The molecule has 1 aromatic carbocycles. The molecule has 130 valence electrons. The standard InChI is InChI=1S/C16H16Br2O6/c1-5-22-13-10(21-4)7-8(11(17)12(13)18)6-9-14(19)23-16(2,3)24-15(9)20/h6-7H,5H2,1-4H3. The Morgan fingerprint density at radius 3 is 2.25 bits per heavy atom. The first kappa shape index (κ1) is 18.8. The first-order valence-electron chi connectivity index (χ1n) is 7.07. The third kappa shape index (κ3) is 3.75. The van der Waals surface area contributed by atoms with E-state index in [0.717, 1.165) is 0 Å². The van der Waals surface area contributed by atoms with Crippen molar-refractivity contribution in [2.24, 2.45) is 0 Å². The van der Waals surface area contributed by atoms with E-state index in [1.807, 2.05) is 6.92 Å². The van der Waals surface area contributed by atoms with Crippen LogP contribution in [0.2, 0.25) is 0 Å². The van der Waals surface area contributed by atoms with Gasteiger partial charge in [-0.15, -0.1) is 0 Å². The summed E-state index contributed by atoms with van der Waals surface area (Å²) in [6.45, 7) is 5.29. The van der Waals surface area contributed by atoms with Crippen LogP contribution in [0.5, 0.6) is 11.5 Å². The molecule has 24 heavy (non-hydrogen) atoms. The molecule has 1 fully saturated rings. The minimum absolute atomic E-state index is 0.201. The van der Waals surface area contributed by atoms with Gasteiger partial charge in [0.15, 0.2) is 11.5 Å². The van der Waals surface area contributed by atoms with Crippen molar-refractivity contribution in [3.05, 3.63) is 26.1 Å². The second kappa shape index (κ2) is 7.14. The average Bonchev–Trinajstić information content (AvgIpc) is 2.48. The van der Waals surface area contributed by atoms with Crippen LogP contribution in [-0.2, 0) is 19.1 Å². The molecule has 0 aliphatic carbocycles. The Hall–Kier alpha value is -1.54. The Morgan fingerprint density at radius 1 is 1.17 bits per heavy atom. The van der Waals surface area contributed by atoms with Crippen molar-refractivity contribution >= 4 is 49.9 Å². The number of benzene rings is 1. The Balaban J connectivity index is 2.51. The predicted molar refractivity (Wildman–Crippen MR) is 93.8 cm³/mol. The molecule has 1 saturated heterocycles. The lowest BCUT2D eigenvalue weighted by Crippen LogP contribution is -2.41. The van der Waals surface area contributed by atoms with Gasteiger partial charge in [-0.25, -0.2) is 9.59 Å². The summed E-state index contributed by atoms with van der Waals surface area (Å²) >= 11 is 6.85. The highest BCUT2D eigenvalue weighted by molar-refractivity contribution is 9.13. The van der Waals surface area contributed by atoms with Crippen LogP contribution in [0.1, 0.15) is 26.3 Å². The summed E-state index contributed by atoms with van der Waals surface area (Å²) in [5.74, 6) is -1.79. The number of rotatable bonds is 4. The van der Waals surface area contributed by atoms with E-state index in [4.69, 9.17) is 18.9 Å². The van der Waals surface area contributed by atoms with E-state index in [1.165, 1.54) is 27.0 Å². The molecule has 0 radical (unpaired) electrons. The van der Waals surface area contributed by atoms with Crippen LogP contribution in [0.3, 0.4) is 0 Å². The van der Waals surface area contributed by atoms with Gasteiger partial charge in [0.1, 0.15) is 5.57 Å². The molecular weight excluding hydrogens is 448 g/mol. The highest BCUT2D eigenvalue weighted by Gasteiger charge is 2.39. The fourth-order valence-corrected chi connectivity index (χ4v) is 3.02. The van der Waals surface area contributed by atoms with Crippen LogP contribution in [0.25, 0.3) is 6.08 Å². The van der Waals surface area contributed by atoms with Gasteiger partial charge in [0.05, 0.1) is 18.2 Å². The molecule has 0 amide bonds. The van der Waals surface area contributed by atoms with Crippen molar-refractivity contribution in [1.82, 2.24) is 0 Å². The topological polar surface area (TPSA) is 71.1 Å². The summed E-state index contributed by atoms with van der Waals surface area (Å²) in [6.07, 6.45) is 1.38. The fraction of sp³-hybridized carbons (Fsp3) is 0.375. The van der Waals surface area contributed by atoms with E-state index in [2.05, 4.69) is 31.9 Å². The zero-order chi connectivity index (χ0) is 18.1. The molecule has 0 bridgehead atoms. The van der Waals surface area contributed by atoms with E-state index in [1.54, 1.807) is 6.07 Å². The number of cyclic esters (lactones) is 2. The smallest absolute Gasteiger partial charge is 0.348 e. The van der Waals surface area contributed by atoms with E-state index in [9.17, 15) is 9.59 Å². The van der Waals surface area contributed by atoms with Gasteiger partial charge < -0.3 is 18.9 Å². The highest BCUT2D eigenvalue weighted by atomic mass is 79.9. The van der Waals surface area contributed by atoms with Gasteiger partial charge in [-0.1, -0.05) is 0 Å². The lowest BCUT2D eigenvalue weighted by atomic mass is 10.1. The fourth-order valence-electron chi connectivity index (χ4n) is 2.07. The molecule has 1 aliphatic rings. The first-order chi connectivity index (χ1) is 11.2. The average molecular weight is 464 g/mol. The largest absolute Gasteiger partial charge is 0.493 e. The van der Waals surface area contributed by atoms with E-state index in [-0.39, 0.29) is 5.57 Å². The number of halogens is 2. The summed E-state index contributed by atoms with van der Waals surface area (Å²) in [5, 5.41) is 0. The molecule has 1 aromatic rings. The molecule has 0 atom stereocenters. The van der Waals surface area contributed by atoms with Gasteiger partial charge in [-0.2, -0.15) is 0 Å². The number of methoxy groups -OCH3 is 1. The maximum absolute atomic E-state index is 12.1. The van der Waals surface area contributed by atoms with Gasteiger partial charge >= 0.3 is 11.9 Å². The van der Waals surface area contributed by atoms with Gasteiger partial charge in [0.25, 0.3) is 5.79 Å². The second-order valence-electron chi connectivity index (χ2n) is 5.30. The normalized spacial score (nSPS) is 16.3. The van der Waals surface area contributed by atoms with E-state index >= 15 is 0 Å². The van der Waals surface area contributed by atoms with E-state index < -0.39 is 17.7 Å². The van der Waals surface area contributed by atoms with E-state index in [0.29, 0.717) is 32.6 Å². The van der Waals surface area contributed by atoms with Crippen molar-refractivity contribution in [1.29, 1.82) is 0 Å².